The van der Waals surface area contributed by atoms with E-state index >= 15 is 0 Å². The normalized spacial score (nSPS) is 11.2. The van der Waals surface area contributed by atoms with Crippen LogP contribution in [0.25, 0.3) is 21.8 Å². The first kappa shape index (κ1) is 17.1. The van der Waals surface area contributed by atoms with Crippen molar-refractivity contribution in [3.05, 3.63) is 75.7 Å². The minimum atomic E-state index is -0.0941. The zero-order valence-electron chi connectivity index (χ0n) is 15.3. The van der Waals surface area contributed by atoms with Gasteiger partial charge in [-0.3, -0.25) is 9.59 Å². The van der Waals surface area contributed by atoms with Gasteiger partial charge in [0.05, 0.1) is 11.9 Å². The number of H-pyrrole nitrogens is 2. The fourth-order valence-electron chi connectivity index (χ4n) is 3.66. The highest BCUT2D eigenvalue weighted by Gasteiger charge is 2.11. The Bertz CT molecular complexity index is 1220. The smallest absolute Gasteiger partial charge is 0.251 e. The summed E-state index contributed by atoms with van der Waals surface area (Å²) in [5.41, 5.74) is 5.12. The first-order chi connectivity index (χ1) is 13.1. The number of rotatable bonds is 4. The van der Waals surface area contributed by atoms with E-state index in [1.807, 2.05) is 62.5 Å². The second kappa shape index (κ2) is 6.76. The molecule has 4 rings (SSSR count). The Hall–Kier alpha value is -3.34. The molecule has 4 aromatic rings. The number of carbonyl (C=O) groups excluding carboxylic acids is 1. The molecule has 1 amide bonds. The topological polar surface area (TPSA) is 77.8 Å². The van der Waals surface area contributed by atoms with Crippen molar-refractivity contribution in [3.63, 3.8) is 0 Å². The molecule has 136 valence electrons. The fourth-order valence-corrected chi connectivity index (χ4v) is 3.66. The van der Waals surface area contributed by atoms with Gasteiger partial charge in [-0.25, -0.2) is 0 Å². The minimum Gasteiger partial charge on any atom is -0.361 e. The van der Waals surface area contributed by atoms with E-state index in [1.165, 1.54) is 0 Å². The molecule has 0 aliphatic carbocycles. The van der Waals surface area contributed by atoms with Crippen molar-refractivity contribution in [1.82, 2.24) is 9.97 Å². The van der Waals surface area contributed by atoms with Crippen molar-refractivity contribution in [2.24, 2.45) is 0 Å². The minimum absolute atomic E-state index is 0.0650. The summed E-state index contributed by atoms with van der Waals surface area (Å²) >= 11 is 0. The maximum Gasteiger partial charge on any atom is 0.251 e. The van der Waals surface area contributed by atoms with Crippen molar-refractivity contribution in [1.29, 1.82) is 0 Å². The average molecular weight is 359 g/mol. The van der Waals surface area contributed by atoms with Gasteiger partial charge in [-0.2, -0.15) is 0 Å². The third-order valence-corrected chi connectivity index (χ3v) is 5.06. The first-order valence-corrected chi connectivity index (χ1v) is 9.07. The zero-order valence-corrected chi connectivity index (χ0v) is 15.3. The van der Waals surface area contributed by atoms with E-state index in [9.17, 15) is 9.59 Å². The van der Waals surface area contributed by atoms with Gasteiger partial charge in [0.15, 0.2) is 0 Å². The highest BCUT2D eigenvalue weighted by atomic mass is 16.1. The van der Waals surface area contributed by atoms with Crippen LogP contribution in [0.4, 0.5) is 5.69 Å². The van der Waals surface area contributed by atoms with E-state index in [-0.39, 0.29) is 17.9 Å². The van der Waals surface area contributed by atoms with E-state index in [4.69, 9.17) is 0 Å². The lowest BCUT2D eigenvalue weighted by Crippen LogP contribution is -2.16. The number of benzene rings is 2. The van der Waals surface area contributed by atoms with Gasteiger partial charge >= 0.3 is 0 Å². The highest BCUT2D eigenvalue weighted by Crippen LogP contribution is 2.22. The van der Waals surface area contributed by atoms with Crippen molar-refractivity contribution in [2.75, 3.05) is 5.32 Å². The van der Waals surface area contributed by atoms with Crippen molar-refractivity contribution < 1.29 is 4.79 Å². The van der Waals surface area contributed by atoms with Crippen LogP contribution in [0.2, 0.25) is 0 Å². The molecular formula is C22H21N3O2. The zero-order chi connectivity index (χ0) is 19.0. The lowest BCUT2D eigenvalue weighted by molar-refractivity contribution is -0.115. The molecule has 27 heavy (non-hydrogen) atoms. The molecule has 0 aliphatic heterocycles. The van der Waals surface area contributed by atoms with Crippen LogP contribution in [0.15, 0.2) is 53.5 Å². The largest absolute Gasteiger partial charge is 0.361 e. The lowest BCUT2D eigenvalue weighted by atomic mass is 10.0. The molecule has 0 atom stereocenters. The molecule has 0 unspecified atom stereocenters. The Morgan fingerprint density at radius 2 is 1.89 bits per heavy atom. The van der Waals surface area contributed by atoms with E-state index < -0.39 is 0 Å². The van der Waals surface area contributed by atoms with E-state index in [0.717, 1.165) is 38.5 Å². The number of aromatic amines is 2. The summed E-state index contributed by atoms with van der Waals surface area (Å²) in [6.07, 6.45) is 2.85. The molecule has 5 nitrogen and oxygen atoms in total. The summed E-state index contributed by atoms with van der Waals surface area (Å²) in [5, 5.41) is 4.98. The monoisotopic (exact) mass is 359 g/mol. The molecule has 0 fully saturated rings. The molecule has 0 saturated heterocycles. The van der Waals surface area contributed by atoms with Gasteiger partial charge in [0, 0.05) is 33.7 Å². The Balaban J connectivity index is 1.59. The number of carbonyl (C=O) groups is 1. The second-order valence-electron chi connectivity index (χ2n) is 6.76. The fraction of sp³-hybridized carbons (Fsp3) is 0.182. The SMILES string of the molecule is CCc1c(C)c2ccc(NC(=O)Cc3c[nH]c4ccccc34)cc2[nH]c1=O. The van der Waals surface area contributed by atoms with E-state index in [1.54, 1.807) is 0 Å². The molecule has 0 bridgehead atoms. The van der Waals surface area contributed by atoms with Gasteiger partial charge in [-0.1, -0.05) is 31.2 Å². The molecule has 3 N–H and O–H groups in total. The van der Waals surface area contributed by atoms with Crippen LogP contribution in [0.5, 0.6) is 0 Å². The predicted octanol–water partition coefficient (Wildman–Crippen LogP) is 4.06. The third kappa shape index (κ3) is 3.12. The maximum absolute atomic E-state index is 12.5. The number of anilines is 1. The summed E-state index contributed by atoms with van der Waals surface area (Å²) in [5.74, 6) is -0.0941. The Labute approximate surface area is 156 Å². The number of pyridine rings is 1. The van der Waals surface area contributed by atoms with Crippen LogP contribution in [-0.4, -0.2) is 15.9 Å². The number of aromatic nitrogens is 2. The van der Waals surface area contributed by atoms with E-state index in [0.29, 0.717) is 12.1 Å². The van der Waals surface area contributed by atoms with E-state index in [2.05, 4.69) is 15.3 Å². The molecule has 0 spiro atoms. The summed E-state index contributed by atoms with van der Waals surface area (Å²) in [4.78, 5) is 30.8. The molecular weight excluding hydrogens is 338 g/mol. The summed E-state index contributed by atoms with van der Waals surface area (Å²) in [6, 6.07) is 13.6. The maximum atomic E-state index is 12.5. The quantitative estimate of drug-likeness (QED) is 0.514. The number of fused-ring (bicyclic) bond motifs is 2. The number of amides is 1. The molecule has 0 aliphatic rings. The van der Waals surface area contributed by atoms with Crippen molar-refractivity contribution >= 4 is 33.4 Å². The van der Waals surface area contributed by atoms with Gasteiger partial charge in [-0.05, 0) is 42.7 Å². The van der Waals surface area contributed by atoms with Crippen LogP contribution in [-0.2, 0) is 17.6 Å². The lowest BCUT2D eigenvalue weighted by Gasteiger charge is -2.10. The van der Waals surface area contributed by atoms with Crippen molar-refractivity contribution in [2.45, 2.75) is 26.7 Å². The van der Waals surface area contributed by atoms with Crippen LogP contribution < -0.4 is 10.9 Å². The predicted molar refractivity (Wildman–Crippen MR) is 109 cm³/mol. The van der Waals surface area contributed by atoms with Gasteiger partial charge in [-0.15, -0.1) is 0 Å². The van der Waals surface area contributed by atoms with Crippen LogP contribution in [0.3, 0.4) is 0 Å². The van der Waals surface area contributed by atoms with Crippen molar-refractivity contribution in [3.8, 4) is 0 Å². The number of aryl methyl sites for hydroxylation is 1. The summed E-state index contributed by atoms with van der Waals surface area (Å²) < 4.78 is 0. The Kier molecular flexibility index (Phi) is 4.28. The number of hydrogen-bond donors (Lipinski definition) is 3. The number of hydrogen-bond acceptors (Lipinski definition) is 2. The van der Waals surface area contributed by atoms with Gasteiger partial charge < -0.3 is 15.3 Å². The summed E-state index contributed by atoms with van der Waals surface area (Å²) in [6.45, 7) is 3.94. The standard InChI is InChI=1S/C22H21N3O2/c1-3-16-13(2)17-9-8-15(11-20(17)25-22(16)27)24-21(26)10-14-12-23-19-7-5-4-6-18(14)19/h4-9,11-12,23H,3,10H2,1-2H3,(H,24,26)(H,25,27). The average Bonchev–Trinajstić information content (AvgIpc) is 3.05. The molecule has 2 aromatic heterocycles. The Morgan fingerprint density at radius 3 is 2.70 bits per heavy atom. The molecule has 2 heterocycles. The number of para-hydroxylation sites is 1. The first-order valence-electron chi connectivity index (χ1n) is 9.07. The van der Waals surface area contributed by atoms with Crippen LogP contribution in [0.1, 0.15) is 23.6 Å². The summed E-state index contributed by atoms with van der Waals surface area (Å²) in [7, 11) is 0. The molecule has 5 heteroatoms. The molecule has 2 aromatic carbocycles. The van der Waals surface area contributed by atoms with Gasteiger partial charge in [0.2, 0.25) is 5.91 Å². The van der Waals surface area contributed by atoms with Crippen LogP contribution >= 0.6 is 0 Å². The van der Waals surface area contributed by atoms with Crippen LogP contribution in [0, 0.1) is 6.92 Å². The highest BCUT2D eigenvalue weighted by molar-refractivity contribution is 5.97. The second-order valence-corrected chi connectivity index (χ2v) is 6.76. The Morgan fingerprint density at radius 1 is 1.07 bits per heavy atom. The molecule has 0 saturated carbocycles. The number of nitrogens with one attached hydrogen (secondary N) is 3. The van der Waals surface area contributed by atoms with Gasteiger partial charge in [0.1, 0.15) is 0 Å². The van der Waals surface area contributed by atoms with Gasteiger partial charge in [0.25, 0.3) is 5.56 Å². The molecule has 0 radical (unpaired) electrons. The third-order valence-electron chi connectivity index (χ3n) is 5.06.